The summed E-state index contributed by atoms with van der Waals surface area (Å²) in [7, 11) is 1.79. The highest BCUT2D eigenvalue weighted by atomic mass is 32.1. The van der Waals surface area contributed by atoms with Gasteiger partial charge in [-0.25, -0.2) is 9.37 Å². The van der Waals surface area contributed by atoms with Gasteiger partial charge in [0.05, 0.1) is 4.70 Å². The van der Waals surface area contributed by atoms with E-state index in [2.05, 4.69) is 22.3 Å². The molecule has 1 fully saturated rings. The number of piperidine rings is 1. The van der Waals surface area contributed by atoms with E-state index < -0.39 is 0 Å². The number of nitrogens with one attached hydrogen (secondary N) is 1. The maximum Gasteiger partial charge on any atom is 0.152 e. The molecule has 4 aromatic rings. The molecule has 0 radical (unpaired) electrons. The van der Waals surface area contributed by atoms with Gasteiger partial charge < -0.3 is 5.32 Å². The molecular formula is C19H21FN4S2. The Hall–Kier alpha value is -1.83. The molecule has 7 heteroatoms. The first-order chi connectivity index (χ1) is 12.6. The molecule has 1 saturated heterocycles. The molecule has 1 unspecified atom stereocenters. The van der Waals surface area contributed by atoms with Crippen LogP contribution in [0.3, 0.4) is 0 Å². The summed E-state index contributed by atoms with van der Waals surface area (Å²) in [5, 5.41) is 11.2. The van der Waals surface area contributed by atoms with Crippen LogP contribution in [0.5, 0.6) is 0 Å². The Balaban J connectivity index is 0.000000204. The van der Waals surface area contributed by atoms with E-state index in [1.54, 1.807) is 34.4 Å². The van der Waals surface area contributed by atoms with Crippen molar-refractivity contribution in [1.82, 2.24) is 20.1 Å². The molecule has 5 rings (SSSR count). The van der Waals surface area contributed by atoms with Crippen LogP contribution in [0.4, 0.5) is 4.39 Å². The van der Waals surface area contributed by atoms with Crippen LogP contribution in [0.2, 0.25) is 0 Å². The minimum Gasteiger partial charge on any atom is -0.314 e. The van der Waals surface area contributed by atoms with Crippen molar-refractivity contribution in [3.8, 4) is 10.6 Å². The first kappa shape index (κ1) is 17.6. The standard InChI is InChI=1S/C13H8FN3S2.C6H13N/c1-17-6-8-4-7(5-9(14)11(8)16-17)12-15-13-10(19-12)2-3-18-13;1-6-4-2-3-5-7-6/h2-6H,1H3;6-7H,2-5H2,1H3. The lowest BCUT2D eigenvalue weighted by Crippen LogP contribution is -2.30. The van der Waals surface area contributed by atoms with Gasteiger partial charge in [0.25, 0.3) is 0 Å². The van der Waals surface area contributed by atoms with Crippen LogP contribution in [0.25, 0.3) is 31.0 Å². The Morgan fingerprint density at radius 1 is 1.31 bits per heavy atom. The Labute approximate surface area is 159 Å². The first-order valence-corrected chi connectivity index (χ1v) is 10.5. The SMILES string of the molecule is CC1CCCCN1.Cn1cc2cc(-c3nc4sccc4s3)cc(F)c2n1. The van der Waals surface area contributed by atoms with Gasteiger partial charge in [0, 0.05) is 30.2 Å². The molecule has 1 atom stereocenters. The molecule has 1 aromatic carbocycles. The summed E-state index contributed by atoms with van der Waals surface area (Å²) < 4.78 is 16.8. The lowest BCUT2D eigenvalue weighted by molar-refractivity contribution is 0.425. The molecule has 136 valence electrons. The van der Waals surface area contributed by atoms with Crippen molar-refractivity contribution in [3.63, 3.8) is 0 Å². The van der Waals surface area contributed by atoms with E-state index in [-0.39, 0.29) is 5.82 Å². The second-order valence-corrected chi connectivity index (χ2v) is 8.58. The van der Waals surface area contributed by atoms with Crippen LogP contribution in [0.15, 0.2) is 29.8 Å². The van der Waals surface area contributed by atoms with Gasteiger partial charge in [-0.2, -0.15) is 5.10 Å². The molecule has 3 aromatic heterocycles. The molecule has 26 heavy (non-hydrogen) atoms. The third-order valence-electron chi connectivity index (χ3n) is 4.50. The second-order valence-electron chi connectivity index (χ2n) is 6.66. The van der Waals surface area contributed by atoms with Crippen LogP contribution in [-0.2, 0) is 7.05 Å². The van der Waals surface area contributed by atoms with Gasteiger partial charge in [0.15, 0.2) is 5.82 Å². The molecule has 0 aliphatic carbocycles. The quantitative estimate of drug-likeness (QED) is 0.487. The molecule has 0 amide bonds. The van der Waals surface area contributed by atoms with Crippen molar-refractivity contribution < 1.29 is 4.39 Å². The van der Waals surface area contributed by atoms with Crippen molar-refractivity contribution in [2.75, 3.05) is 6.54 Å². The highest BCUT2D eigenvalue weighted by molar-refractivity contribution is 7.28. The summed E-state index contributed by atoms with van der Waals surface area (Å²) in [6.07, 6.45) is 6.00. The van der Waals surface area contributed by atoms with Gasteiger partial charge in [-0.1, -0.05) is 6.42 Å². The van der Waals surface area contributed by atoms with Gasteiger partial charge in [-0.05, 0) is 49.9 Å². The maximum absolute atomic E-state index is 14.0. The summed E-state index contributed by atoms with van der Waals surface area (Å²) in [4.78, 5) is 5.55. The fraction of sp³-hybridized carbons (Fsp3) is 0.368. The molecule has 4 nitrogen and oxygen atoms in total. The van der Waals surface area contributed by atoms with Crippen molar-refractivity contribution in [1.29, 1.82) is 0 Å². The molecule has 1 N–H and O–H groups in total. The minimum atomic E-state index is -0.299. The van der Waals surface area contributed by atoms with Crippen molar-refractivity contribution >= 4 is 43.1 Å². The summed E-state index contributed by atoms with van der Waals surface area (Å²) in [5.41, 5.74) is 1.22. The number of hydrogen-bond donors (Lipinski definition) is 1. The monoisotopic (exact) mass is 388 g/mol. The number of rotatable bonds is 1. The zero-order chi connectivity index (χ0) is 18.1. The topological polar surface area (TPSA) is 42.7 Å². The maximum atomic E-state index is 14.0. The Morgan fingerprint density at radius 2 is 2.19 bits per heavy atom. The minimum absolute atomic E-state index is 0.299. The van der Waals surface area contributed by atoms with Crippen LogP contribution in [0, 0.1) is 5.82 Å². The summed E-state index contributed by atoms with van der Waals surface area (Å²) in [6, 6.07) is 6.28. The molecular weight excluding hydrogens is 367 g/mol. The highest BCUT2D eigenvalue weighted by Gasteiger charge is 2.12. The van der Waals surface area contributed by atoms with E-state index >= 15 is 0 Å². The van der Waals surface area contributed by atoms with Gasteiger partial charge >= 0.3 is 0 Å². The number of thiophene rings is 1. The number of fused-ring (bicyclic) bond motifs is 2. The normalized spacial score (nSPS) is 17.4. The zero-order valence-electron chi connectivity index (χ0n) is 14.8. The summed E-state index contributed by atoms with van der Waals surface area (Å²) in [5.74, 6) is -0.299. The molecule has 0 bridgehead atoms. The number of benzene rings is 1. The second kappa shape index (κ2) is 7.42. The Morgan fingerprint density at radius 3 is 2.88 bits per heavy atom. The number of halogens is 1. The number of aryl methyl sites for hydroxylation is 1. The average molecular weight is 389 g/mol. The fourth-order valence-electron chi connectivity index (χ4n) is 3.15. The van der Waals surface area contributed by atoms with Gasteiger partial charge in [0.2, 0.25) is 0 Å². The van der Waals surface area contributed by atoms with Crippen LogP contribution < -0.4 is 5.32 Å². The lowest BCUT2D eigenvalue weighted by Gasteiger charge is -2.18. The Kier molecular flexibility index (Phi) is 5.02. The highest BCUT2D eigenvalue weighted by Crippen LogP contribution is 2.34. The third-order valence-corrected chi connectivity index (χ3v) is 6.51. The largest absolute Gasteiger partial charge is 0.314 e. The molecule has 1 aliphatic heterocycles. The van der Waals surface area contributed by atoms with Crippen molar-refractivity contribution in [2.45, 2.75) is 32.2 Å². The van der Waals surface area contributed by atoms with Crippen LogP contribution in [0.1, 0.15) is 26.2 Å². The predicted octanol–water partition coefficient (Wildman–Crippen LogP) is 5.20. The average Bonchev–Trinajstić information content (AvgIpc) is 3.29. The number of hydrogen-bond acceptors (Lipinski definition) is 5. The van der Waals surface area contributed by atoms with Crippen LogP contribution in [-0.4, -0.2) is 27.4 Å². The fourth-order valence-corrected chi connectivity index (χ4v) is 5.08. The van der Waals surface area contributed by atoms with E-state index in [0.29, 0.717) is 5.52 Å². The van der Waals surface area contributed by atoms with E-state index in [1.165, 1.54) is 31.9 Å². The lowest BCUT2D eigenvalue weighted by atomic mass is 10.1. The molecule has 0 saturated carbocycles. The molecule has 4 heterocycles. The number of nitrogens with zero attached hydrogens (tertiary/aromatic N) is 3. The molecule has 1 aliphatic rings. The summed E-state index contributed by atoms with van der Waals surface area (Å²) >= 11 is 3.19. The van der Waals surface area contributed by atoms with Crippen molar-refractivity contribution in [3.05, 3.63) is 35.6 Å². The van der Waals surface area contributed by atoms with E-state index in [9.17, 15) is 4.39 Å². The number of thiazole rings is 1. The van der Waals surface area contributed by atoms with E-state index in [1.807, 2.05) is 23.7 Å². The van der Waals surface area contributed by atoms with Gasteiger partial charge in [-0.3, -0.25) is 4.68 Å². The van der Waals surface area contributed by atoms with E-state index in [0.717, 1.165) is 31.5 Å². The predicted molar refractivity (Wildman–Crippen MR) is 108 cm³/mol. The summed E-state index contributed by atoms with van der Waals surface area (Å²) in [6.45, 7) is 3.49. The van der Waals surface area contributed by atoms with Crippen LogP contribution >= 0.6 is 22.7 Å². The Bertz CT molecular complexity index is 998. The van der Waals surface area contributed by atoms with Gasteiger partial charge in [0.1, 0.15) is 15.4 Å². The van der Waals surface area contributed by atoms with E-state index in [4.69, 9.17) is 0 Å². The smallest absolute Gasteiger partial charge is 0.152 e. The first-order valence-electron chi connectivity index (χ1n) is 8.81. The molecule has 0 spiro atoms. The van der Waals surface area contributed by atoms with Crippen molar-refractivity contribution in [2.24, 2.45) is 7.05 Å². The van der Waals surface area contributed by atoms with Gasteiger partial charge in [-0.15, -0.1) is 22.7 Å². The zero-order valence-corrected chi connectivity index (χ0v) is 16.5. The third kappa shape index (κ3) is 3.65. The number of aromatic nitrogens is 3.